The third kappa shape index (κ3) is 4.27. The average Bonchev–Trinajstić information content (AvgIpc) is 3.36. The van der Waals surface area contributed by atoms with E-state index < -0.39 is 18.3 Å². The normalized spacial score (nSPS) is 14.8. The maximum absolute atomic E-state index is 13.7. The van der Waals surface area contributed by atoms with Gasteiger partial charge in [-0.3, -0.25) is 9.48 Å². The van der Waals surface area contributed by atoms with Crippen LogP contribution in [0.5, 0.6) is 5.75 Å². The molecule has 2 amide bonds. The number of amides is 2. The molecule has 1 aromatic carbocycles. The van der Waals surface area contributed by atoms with Gasteiger partial charge in [-0.05, 0) is 24.6 Å². The van der Waals surface area contributed by atoms with Gasteiger partial charge in [-0.25, -0.2) is 23.5 Å². The monoisotopic (exact) mass is 483 g/mol. The van der Waals surface area contributed by atoms with Gasteiger partial charge in [0, 0.05) is 18.6 Å². The van der Waals surface area contributed by atoms with Crippen LogP contribution in [0.3, 0.4) is 0 Å². The summed E-state index contributed by atoms with van der Waals surface area (Å²) in [6, 6.07) is 3.53. The zero-order valence-electron chi connectivity index (χ0n) is 19.1. The number of benzene rings is 1. The minimum absolute atomic E-state index is 0.0332. The fourth-order valence-electron chi connectivity index (χ4n) is 4.12. The van der Waals surface area contributed by atoms with Gasteiger partial charge in [-0.2, -0.15) is 5.10 Å². The highest BCUT2D eigenvalue weighted by Crippen LogP contribution is 2.30. The van der Waals surface area contributed by atoms with Gasteiger partial charge in [0.05, 0.1) is 24.8 Å². The van der Waals surface area contributed by atoms with E-state index in [1.54, 1.807) is 17.8 Å². The van der Waals surface area contributed by atoms with Crippen molar-refractivity contribution in [3.63, 3.8) is 0 Å². The molecule has 3 aromatic heterocycles. The molecular weight excluding hydrogens is 460 g/mol. The number of halogens is 2. The smallest absolute Gasteiger partial charge is 0.406 e. The van der Waals surface area contributed by atoms with E-state index in [4.69, 9.17) is 4.74 Å². The first kappa shape index (κ1) is 22.7. The van der Waals surface area contributed by atoms with Gasteiger partial charge in [0.25, 0.3) is 0 Å². The fourth-order valence-corrected chi connectivity index (χ4v) is 4.12. The molecule has 12 heteroatoms. The predicted molar refractivity (Wildman–Crippen MR) is 123 cm³/mol. The number of ether oxygens (including phenoxy) is 1. The van der Waals surface area contributed by atoms with Gasteiger partial charge >= 0.3 is 6.09 Å². The number of aryl methyl sites for hydroxylation is 1. The van der Waals surface area contributed by atoms with E-state index in [0.29, 0.717) is 46.3 Å². The molecule has 35 heavy (non-hydrogen) atoms. The van der Waals surface area contributed by atoms with E-state index in [-0.39, 0.29) is 30.6 Å². The number of aromatic amines is 1. The first-order valence-electron chi connectivity index (χ1n) is 11.2. The molecule has 10 nitrogen and oxygen atoms in total. The molecule has 0 unspecified atom stereocenters. The molecular formula is C23H23F2N7O3. The van der Waals surface area contributed by atoms with Crippen LogP contribution in [0.15, 0.2) is 30.6 Å². The lowest BCUT2D eigenvalue weighted by molar-refractivity contribution is -0.140. The molecule has 182 valence electrons. The van der Waals surface area contributed by atoms with E-state index >= 15 is 0 Å². The molecule has 0 spiro atoms. The molecule has 0 aliphatic carbocycles. The van der Waals surface area contributed by atoms with Crippen molar-refractivity contribution >= 4 is 34.1 Å². The van der Waals surface area contributed by atoms with Crippen LogP contribution in [-0.2, 0) is 11.8 Å². The first-order chi connectivity index (χ1) is 16.8. The van der Waals surface area contributed by atoms with Crippen LogP contribution in [0.1, 0.15) is 19.8 Å². The SMILES string of the molecule is CCC[C@@H](NC(=O)Oc1c[nH]c2ncc(-c3nn(C)c4cc(F)ccc34)nc12)C(=O)N1CC(F)C1. The maximum Gasteiger partial charge on any atom is 0.413 e. The number of hydrogen-bond donors (Lipinski definition) is 2. The summed E-state index contributed by atoms with van der Waals surface area (Å²) in [5, 5.41) is 7.72. The first-order valence-corrected chi connectivity index (χ1v) is 11.2. The molecule has 1 aliphatic heterocycles. The number of H-pyrrole nitrogens is 1. The molecule has 0 radical (unpaired) electrons. The van der Waals surface area contributed by atoms with Crippen molar-refractivity contribution in [3.05, 3.63) is 36.4 Å². The van der Waals surface area contributed by atoms with Gasteiger partial charge in [-0.1, -0.05) is 13.3 Å². The second-order valence-corrected chi connectivity index (χ2v) is 8.45. The Bertz CT molecular complexity index is 1430. The third-order valence-corrected chi connectivity index (χ3v) is 5.92. The van der Waals surface area contributed by atoms with E-state index in [2.05, 4.69) is 25.4 Å². The fraction of sp³-hybridized carbons (Fsp3) is 0.348. The number of carbonyl (C=O) groups is 2. The van der Waals surface area contributed by atoms with Crippen LogP contribution in [0.4, 0.5) is 13.6 Å². The largest absolute Gasteiger partial charge is 0.413 e. The summed E-state index contributed by atoms with van der Waals surface area (Å²) in [7, 11) is 1.70. The van der Waals surface area contributed by atoms with Crippen molar-refractivity contribution in [2.75, 3.05) is 13.1 Å². The van der Waals surface area contributed by atoms with Gasteiger partial charge < -0.3 is 19.9 Å². The Labute approximate surface area is 198 Å². The predicted octanol–water partition coefficient (Wildman–Crippen LogP) is 3.09. The second kappa shape index (κ2) is 8.93. The number of nitrogens with one attached hydrogen (secondary N) is 2. The summed E-state index contributed by atoms with van der Waals surface area (Å²) in [5.41, 5.74) is 2.19. The lowest BCUT2D eigenvalue weighted by Gasteiger charge is -2.36. The number of carbonyl (C=O) groups excluding carboxylic acids is 2. The number of alkyl halides is 1. The van der Waals surface area contributed by atoms with E-state index in [1.165, 1.54) is 29.4 Å². The second-order valence-electron chi connectivity index (χ2n) is 8.45. The summed E-state index contributed by atoms with van der Waals surface area (Å²) < 4.78 is 33.8. The topological polar surface area (TPSA) is 118 Å². The highest BCUT2D eigenvalue weighted by Gasteiger charge is 2.35. The molecule has 1 atom stereocenters. The molecule has 2 N–H and O–H groups in total. The van der Waals surface area contributed by atoms with Crippen LogP contribution in [0, 0.1) is 5.82 Å². The Balaban J connectivity index is 1.38. The van der Waals surface area contributed by atoms with Crippen molar-refractivity contribution < 1.29 is 23.1 Å². The molecule has 4 aromatic rings. The molecule has 1 saturated heterocycles. The van der Waals surface area contributed by atoms with Crippen LogP contribution >= 0.6 is 0 Å². The van der Waals surface area contributed by atoms with Crippen LogP contribution < -0.4 is 10.1 Å². The summed E-state index contributed by atoms with van der Waals surface area (Å²) in [6.07, 6.45) is 2.15. The van der Waals surface area contributed by atoms with Crippen molar-refractivity contribution in [1.82, 2.24) is 34.9 Å². The molecule has 4 heterocycles. The average molecular weight is 483 g/mol. The maximum atomic E-state index is 13.7. The van der Waals surface area contributed by atoms with Crippen molar-refractivity contribution in [2.24, 2.45) is 7.05 Å². The quantitative estimate of drug-likeness (QED) is 0.435. The summed E-state index contributed by atoms with van der Waals surface area (Å²) >= 11 is 0. The minimum atomic E-state index is -1.03. The number of aromatic nitrogens is 5. The highest BCUT2D eigenvalue weighted by molar-refractivity contribution is 5.94. The Kier molecular flexibility index (Phi) is 5.79. The van der Waals surface area contributed by atoms with Gasteiger partial charge in [0.15, 0.2) is 16.9 Å². The number of rotatable bonds is 6. The Morgan fingerprint density at radius 1 is 1.34 bits per heavy atom. The van der Waals surface area contributed by atoms with Gasteiger partial charge in [0.2, 0.25) is 5.91 Å². The van der Waals surface area contributed by atoms with Crippen molar-refractivity contribution in [2.45, 2.75) is 32.0 Å². The number of hydrogen-bond acceptors (Lipinski definition) is 6. The summed E-state index contributed by atoms with van der Waals surface area (Å²) in [6.45, 7) is 1.95. The van der Waals surface area contributed by atoms with Crippen molar-refractivity contribution in [1.29, 1.82) is 0 Å². The summed E-state index contributed by atoms with van der Waals surface area (Å²) in [4.78, 5) is 38.4. The Hall–Kier alpha value is -4.09. The van der Waals surface area contributed by atoms with Crippen molar-refractivity contribution in [3.8, 4) is 17.1 Å². The van der Waals surface area contributed by atoms with E-state index in [9.17, 15) is 18.4 Å². The third-order valence-electron chi connectivity index (χ3n) is 5.92. The summed E-state index contributed by atoms with van der Waals surface area (Å²) in [5.74, 6) is -0.592. The van der Waals surface area contributed by atoms with Crippen LogP contribution in [-0.4, -0.2) is 66.9 Å². The standard InChI is InChI=1S/C23H23F2N7O3/c1-3-4-15(22(33)32-10-13(25)11-32)29-23(34)35-18-9-27-21-20(18)28-16(8-26-21)19-14-6-5-12(24)7-17(14)31(2)30-19/h5-9,13,15H,3-4,10-11H2,1-2H3,(H,26,27)(H,29,34)/t15-/m1/s1. The zero-order valence-corrected chi connectivity index (χ0v) is 19.1. The molecule has 5 rings (SSSR count). The van der Waals surface area contributed by atoms with Gasteiger partial charge in [0.1, 0.15) is 29.4 Å². The number of nitrogens with zero attached hydrogens (tertiary/aromatic N) is 5. The zero-order chi connectivity index (χ0) is 24.7. The number of fused-ring (bicyclic) bond motifs is 2. The van der Waals surface area contributed by atoms with E-state index in [1.807, 2.05) is 6.92 Å². The Morgan fingerprint density at radius 2 is 2.14 bits per heavy atom. The molecule has 0 saturated carbocycles. The van der Waals surface area contributed by atoms with Crippen LogP contribution in [0.25, 0.3) is 33.5 Å². The lowest BCUT2D eigenvalue weighted by atomic mass is 10.1. The lowest BCUT2D eigenvalue weighted by Crippen LogP contribution is -2.58. The molecule has 1 aliphatic rings. The van der Waals surface area contributed by atoms with Gasteiger partial charge in [-0.15, -0.1) is 0 Å². The number of likely N-dealkylation sites (tertiary alicyclic amines) is 1. The minimum Gasteiger partial charge on any atom is -0.406 e. The molecule has 0 bridgehead atoms. The van der Waals surface area contributed by atoms with E-state index in [0.717, 1.165) is 0 Å². The molecule has 1 fully saturated rings. The highest BCUT2D eigenvalue weighted by atomic mass is 19.1. The van der Waals surface area contributed by atoms with Crippen LogP contribution in [0.2, 0.25) is 0 Å². The Morgan fingerprint density at radius 3 is 2.89 bits per heavy atom.